The third-order valence-electron chi connectivity index (χ3n) is 11.1. The molecule has 0 amide bonds. The van der Waals surface area contributed by atoms with E-state index in [2.05, 4.69) is 211 Å². The highest BCUT2D eigenvalue weighted by Crippen LogP contribution is 2.48. The van der Waals surface area contributed by atoms with Crippen molar-refractivity contribution in [1.29, 1.82) is 0 Å². The molecule has 11 aromatic rings. The van der Waals surface area contributed by atoms with Gasteiger partial charge in [-0.1, -0.05) is 164 Å². The van der Waals surface area contributed by atoms with E-state index >= 15 is 0 Å². The van der Waals surface area contributed by atoms with Gasteiger partial charge in [0.15, 0.2) is 0 Å². The highest BCUT2D eigenvalue weighted by Gasteiger charge is 2.22. The molecule has 11 rings (SSSR count). The summed E-state index contributed by atoms with van der Waals surface area (Å²) in [5, 5.41) is 4.79. The molecule has 0 aliphatic carbocycles. The molecule has 0 saturated heterocycles. The number of benzene rings is 9. The molecule has 0 fully saturated rings. The van der Waals surface area contributed by atoms with Crippen LogP contribution < -0.4 is 4.90 Å². The van der Waals surface area contributed by atoms with Gasteiger partial charge in [0.25, 0.3) is 0 Å². The van der Waals surface area contributed by atoms with Crippen LogP contribution >= 0.6 is 11.3 Å². The molecular formula is C54H35NOS. The molecule has 0 bridgehead atoms. The Labute approximate surface area is 335 Å². The average molecular weight is 746 g/mol. The van der Waals surface area contributed by atoms with Crippen molar-refractivity contribution in [2.45, 2.75) is 0 Å². The number of nitrogens with zero attached hydrogens (tertiary/aromatic N) is 1. The molecule has 268 valence electrons. The van der Waals surface area contributed by atoms with E-state index in [4.69, 9.17) is 4.42 Å². The van der Waals surface area contributed by atoms with E-state index in [9.17, 15) is 0 Å². The third kappa shape index (κ3) is 5.71. The SMILES string of the molecule is c1ccc(-c2ccccc2-c2ccc(N(c3ccc(-c4ccccc4)c(-c4cccc5oc6ccccc6c45)c3)c3cccc4c3sc3ccccc34)cc2)cc1. The number of rotatable bonds is 7. The largest absolute Gasteiger partial charge is 0.456 e. The first-order valence-corrected chi connectivity index (χ1v) is 20.2. The third-order valence-corrected chi connectivity index (χ3v) is 12.3. The summed E-state index contributed by atoms with van der Waals surface area (Å²) in [4.78, 5) is 2.44. The second kappa shape index (κ2) is 13.8. The Bertz CT molecular complexity index is 3230. The fourth-order valence-electron chi connectivity index (χ4n) is 8.49. The van der Waals surface area contributed by atoms with E-state index < -0.39 is 0 Å². The van der Waals surface area contributed by atoms with Gasteiger partial charge in [-0.25, -0.2) is 0 Å². The molecule has 0 spiro atoms. The zero-order valence-electron chi connectivity index (χ0n) is 31.0. The zero-order valence-corrected chi connectivity index (χ0v) is 31.8. The number of anilines is 3. The lowest BCUT2D eigenvalue weighted by Gasteiger charge is -2.27. The summed E-state index contributed by atoms with van der Waals surface area (Å²) in [5.74, 6) is 0. The minimum absolute atomic E-state index is 0.886. The lowest BCUT2D eigenvalue weighted by Crippen LogP contribution is -2.10. The monoisotopic (exact) mass is 745 g/mol. The number of furan rings is 1. The smallest absolute Gasteiger partial charge is 0.136 e. The summed E-state index contributed by atoms with van der Waals surface area (Å²) in [6.07, 6.45) is 0. The quantitative estimate of drug-likeness (QED) is 0.162. The first kappa shape index (κ1) is 33.2. The Morgan fingerprint density at radius 2 is 0.895 bits per heavy atom. The van der Waals surface area contributed by atoms with Gasteiger partial charge in [-0.05, 0) is 93.0 Å². The molecule has 2 heterocycles. The molecule has 2 nitrogen and oxygen atoms in total. The predicted octanol–water partition coefficient (Wildman–Crippen LogP) is 16.1. The molecule has 2 aromatic heterocycles. The van der Waals surface area contributed by atoms with Gasteiger partial charge < -0.3 is 9.32 Å². The first-order valence-electron chi connectivity index (χ1n) is 19.3. The minimum atomic E-state index is 0.886. The van der Waals surface area contributed by atoms with Gasteiger partial charge in [0, 0.05) is 37.6 Å². The van der Waals surface area contributed by atoms with Crippen LogP contribution in [0, 0.1) is 0 Å². The molecule has 0 unspecified atom stereocenters. The Morgan fingerprint density at radius 3 is 1.65 bits per heavy atom. The summed E-state index contributed by atoms with van der Waals surface area (Å²) >= 11 is 1.86. The van der Waals surface area contributed by atoms with Crippen LogP contribution in [0.4, 0.5) is 17.1 Å². The van der Waals surface area contributed by atoms with E-state index in [1.165, 1.54) is 53.6 Å². The topological polar surface area (TPSA) is 16.4 Å². The van der Waals surface area contributed by atoms with Crippen LogP contribution in [-0.2, 0) is 0 Å². The Balaban J connectivity index is 1.15. The lowest BCUT2D eigenvalue weighted by molar-refractivity contribution is 0.669. The van der Waals surface area contributed by atoms with E-state index in [-0.39, 0.29) is 0 Å². The normalized spacial score (nSPS) is 11.5. The molecule has 0 saturated carbocycles. The van der Waals surface area contributed by atoms with Crippen molar-refractivity contribution >= 4 is 70.5 Å². The van der Waals surface area contributed by atoms with Gasteiger partial charge in [-0.3, -0.25) is 0 Å². The maximum Gasteiger partial charge on any atom is 0.136 e. The molecule has 57 heavy (non-hydrogen) atoms. The first-order chi connectivity index (χ1) is 28.3. The Morgan fingerprint density at radius 1 is 0.351 bits per heavy atom. The van der Waals surface area contributed by atoms with Crippen LogP contribution in [-0.4, -0.2) is 0 Å². The Hall–Kier alpha value is -7.20. The molecule has 9 aromatic carbocycles. The summed E-state index contributed by atoms with van der Waals surface area (Å²) < 4.78 is 8.97. The highest BCUT2D eigenvalue weighted by atomic mass is 32.1. The number of para-hydroxylation sites is 1. The number of hydrogen-bond donors (Lipinski definition) is 0. The maximum absolute atomic E-state index is 6.43. The van der Waals surface area contributed by atoms with Crippen LogP contribution in [0.3, 0.4) is 0 Å². The van der Waals surface area contributed by atoms with Crippen molar-refractivity contribution in [3.63, 3.8) is 0 Å². The summed E-state index contributed by atoms with van der Waals surface area (Å²) in [6, 6.07) is 76.4. The second-order valence-electron chi connectivity index (χ2n) is 14.4. The number of fused-ring (bicyclic) bond motifs is 6. The second-order valence-corrected chi connectivity index (χ2v) is 15.5. The van der Waals surface area contributed by atoms with Gasteiger partial charge in [-0.15, -0.1) is 11.3 Å². The molecule has 0 aliphatic rings. The standard InChI is InChI=1S/C54H35NOS/c1-3-15-36(16-4-1)41-19-7-8-20-42(41)38-29-31-39(32-30-38)55(49-25-13-24-46-44-21-10-12-28-52(44)57-54(46)49)40-33-34-43(37-17-5-2-6-18-37)48(35-40)45-23-14-27-51-53(45)47-22-9-11-26-50(47)56-51/h1-35H. The molecular weight excluding hydrogens is 711 g/mol. The Kier molecular flexibility index (Phi) is 8.04. The molecule has 0 N–H and O–H groups in total. The zero-order chi connectivity index (χ0) is 37.7. The average Bonchev–Trinajstić information content (AvgIpc) is 3.87. The van der Waals surface area contributed by atoms with Gasteiger partial charge in [0.2, 0.25) is 0 Å². The fourth-order valence-corrected chi connectivity index (χ4v) is 9.70. The van der Waals surface area contributed by atoms with Crippen molar-refractivity contribution in [3.05, 3.63) is 212 Å². The summed E-state index contributed by atoms with van der Waals surface area (Å²) in [6.45, 7) is 0. The van der Waals surface area contributed by atoms with Crippen molar-refractivity contribution in [2.75, 3.05) is 4.90 Å². The molecule has 0 radical (unpaired) electrons. The number of hydrogen-bond acceptors (Lipinski definition) is 3. The molecule has 0 atom stereocenters. The lowest BCUT2D eigenvalue weighted by atomic mass is 9.91. The molecule has 0 aliphatic heterocycles. The number of thiophene rings is 1. The predicted molar refractivity (Wildman–Crippen MR) is 243 cm³/mol. The van der Waals surface area contributed by atoms with Crippen LogP contribution in [0.25, 0.3) is 86.6 Å². The van der Waals surface area contributed by atoms with Crippen molar-refractivity contribution in [3.8, 4) is 44.5 Å². The minimum Gasteiger partial charge on any atom is -0.456 e. The van der Waals surface area contributed by atoms with Gasteiger partial charge in [0.1, 0.15) is 11.2 Å². The summed E-state index contributed by atoms with van der Waals surface area (Å²) in [7, 11) is 0. The van der Waals surface area contributed by atoms with Gasteiger partial charge in [0.05, 0.1) is 10.4 Å². The van der Waals surface area contributed by atoms with Crippen LogP contribution in [0.2, 0.25) is 0 Å². The fraction of sp³-hybridized carbons (Fsp3) is 0. The van der Waals surface area contributed by atoms with E-state index in [0.29, 0.717) is 0 Å². The van der Waals surface area contributed by atoms with Crippen LogP contribution in [0.5, 0.6) is 0 Å². The molecule has 3 heteroatoms. The van der Waals surface area contributed by atoms with E-state index in [1.54, 1.807) is 0 Å². The van der Waals surface area contributed by atoms with Crippen LogP contribution in [0.15, 0.2) is 217 Å². The van der Waals surface area contributed by atoms with Crippen LogP contribution in [0.1, 0.15) is 0 Å². The van der Waals surface area contributed by atoms with Crippen molar-refractivity contribution < 1.29 is 4.42 Å². The van der Waals surface area contributed by atoms with Gasteiger partial charge >= 0.3 is 0 Å². The van der Waals surface area contributed by atoms with E-state index in [0.717, 1.165) is 50.1 Å². The van der Waals surface area contributed by atoms with Crippen molar-refractivity contribution in [2.24, 2.45) is 0 Å². The van der Waals surface area contributed by atoms with E-state index in [1.807, 2.05) is 17.4 Å². The summed E-state index contributed by atoms with van der Waals surface area (Å²) in [5.41, 5.74) is 14.6. The highest BCUT2D eigenvalue weighted by molar-refractivity contribution is 7.26. The maximum atomic E-state index is 6.43. The van der Waals surface area contributed by atoms with Gasteiger partial charge in [-0.2, -0.15) is 0 Å². The van der Waals surface area contributed by atoms with Crippen molar-refractivity contribution in [1.82, 2.24) is 0 Å².